The number of cyclic esters (lactones) is 2. The van der Waals surface area contributed by atoms with Gasteiger partial charge in [-0.25, -0.2) is 5.09 Å². The van der Waals surface area contributed by atoms with Gasteiger partial charge < -0.3 is 137 Å². The van der Waals surface area contributed by atoms with Gasteiger partial charge in [-0.15, -0.1) is 18.5 Å². The van der Waals surface area contributed by atoms with Gasteiger partial charge in [-0.2, -0.15) is 0 Å². The third kappa shape index (κ3) is 17.6. The monoisotopic (exact) mass is 1590 g/mol. The van der Waals surface area contributed by atoms with Crippen molar-refractivity contribution in [3.05, 3.63) is 93.0 Å². The van der Waals surface area contributed by atoms with E-state index in [2.05, 4.69) is 34.2 Å². The van der Waals surface area contributed by atoms with E-state index < -0.39 is 167 Å². The zero-order valence-corrected chi connectivity index (χ0v) is 63.3. The molecule has 8 heterocycles. The molecule has 39 heteroatoms. The van der Waals surface area contributed by atoms with Gasteiger partial charge in [-0.1, -0.05) is 25.4 Å². The minimum absolute atomic E-state index is 0.00787. The summed E-state index contributed by atoms with van der Waals surface area (Å²) in [4.78, 5) is 79.5. The molecule has 0 radical (unpaired) electrons. The topological polar surface area (TPSA) is 494 Å². The maximum atomic E-state index is 13.6. The van der Waals surface area contributed by atoms with E-state index in [1.807, 2.05) is 0 Å². The zero-order chi connectivity index (χ0) is 79.1. The smallest absolute Gasteiger partial charge is 0.360 e. The molecule has 8 aliphatic heterocycles. The quantitative estimate of drug-likeness (QED) is 0.0343. The van der Waals surface area contributed by atoms with E-state index in [1.54, 1.807) is 50.2 Å². The second kappa shape index (κ2) is 36.1. The fraction of sp³-hybridized carbons (Fsp3) is 0.588. The Balaban J connectivity index is 0.000000201. The lowest BCUT2D eigenvalue weighted by molar-refractivity contribution is -0.364. The van der Waals surface area contributed by atoms with Gasteiger partial charge in [0.1, 0.15) is 65.6 Å². The summed E-state index contributed by atoms with van der Waals surface area (Å²) in [6.45, 7) is 6.79. The molecule has 4 aromatic carbocycles. The average molecular weight is 1590 g/mol. The molecule has 0 aromatic heterocycles. The number of benzene rings is 4. The number of hydrogen-bond donors (Lipinski definition) is 13. The Morgan fingerprint density at radius 2 is 0.963 bits per heavy atom. The third-order valence-corrected chi connectivity index (χ3v) is 22.4. The summed E-state index contributed by atoms with van der Waals surface area (Å²) in [6.07, 6.45) is -14.5. The van der Waals surface area contributed by atoms with Crippen LogP contribution in [0.5, 0.6) is 34.5 Å². The minimum Gasteiger partial charge on any atom is -0.496 e. The summed E-state index contributed by atoms with van der Waals surface area (Å²) in [6, 6.07) is 12.8. The molecule has 35 nitrogen and oxygen atoms in total. The van der Waals surface area contributed by atoms with Gasteiger partial charge in [0.2, 0.25) is 25.4 Å². The molecule has 15 unspecified atom stereocenters. The Labute approximate surface area is 623 Å². The Morgan fingerprint density at radius 1 is 0.570 bits per heavy atom. The molecule has 107 heavy (non-hydrogen) atoms. The highest BCUT2D eigenvalue weighted by molar-refractivity contribution is 7.64. The van der Waals surface area contributed by atoms with Crippen LogP contribution in [0.15, 0.2) is 48.5 Å². The van der Waals surface area contributed by atoms with Crippen molar-refractivity contribution in [2.75, 3.05) is 93.7 Å². The predicted molar refractivity (Wildman–Crippen MR) is 379 cm³/mol. The number of fused-ring (bicyclic) bond motifs is 8. The van der Waals surface area contributed by atoms with Gasteiger partial charge in [0.25, 0.3) is 0 Å². The Hall–Kier alpha value is -5.88. The number of carbonyl (C=O) groups excluding carboxylic acids is 4. The van der Waals surface area contributed by atoms with Crippen molar-refractivity contribution in [3.63, 3.8) is 0 Å². The molecule has 4 aromatic rings. The number of amides is 2. The molecule has 0 spiro atoms. The average Bonchev–Trinajstić information content (AvgIpc) is 1.68. The van der Waals surface area contributed by atoms with Crippen LogP contribution in [0.4, 0.5) is 0 Å². The lowest BCUT2D eigenvalue weighted by Gasteiger charge is -2.47. The van der Waals surface area contributed by atoms with E-state index in [-0.39, 0.29) is 92.8 Å². The molecule has 10 aliphatic rings. The number of rotatable bonds is 18. The number of esters is 2. The number of aliphatic hydroxyl groups excluding tert-OH is 6. The molecule has 23 atom stereocenters. The summed E-state index contributed by atoms with van der Waals surface area (Å²) in [7, 11) is -2.15. The maximum absolute atomic E-state index is 13.6. The van der Waals surface area contributed by atoms with E-state index in [4.69, 9.17) is 84.3 Å². The summed E-state index contributed by atoms with van der Waals surface area (Å²) >= 11 is 0. The molecular formula is C68H94N4O31P4. The summed E-state index contributed by atoms with van der Waals surface area (Å²) in [5.41, 5.74) is 8.25. The Morgan fingerprint density at radius 3 is 1.34 bits per heavy atom. The first kappa shape index (κ1) is 80.6. The molecule has 2 aliphatic carbocycles. The largest absolute Gasteiger partial charge is 0.496 e. The molecule has 0 bridgehead atoms. The lowest BCUT2D eigenvalue weighted by Crippen LogP contribution is -2.63. The van der Waals surface area contributed by atoms with Crippen molar-refractivity contribution in [1.29, 1.82) is 0 Å². The predicted octanol–water partition coefficient (Wildman–Crippen LogP) is -0.363. The second-order valence-electron chi connectivity index (χ2n) is 26.0. The molecule has 6 fully saturated rings. The first-order chi connectivity index (χ1) is 52.0. The van der Waals surface area contributed by atoms with Crippen molar-refractivity contribution < 1.29 is 152 Å². The number of aliphatic hydroxyl groups is 6. The number of nitrogens with two attached hydrogens (primary N) is 1. The van der Waals surface area contributed by atoms with E-state index >= 15 is 0 Å². The lowest BCUT2D eigenvalue weighted by atomic mass is 9.66. The van der Waals surface area contributed by atoms with Crippen LogP contribution in [0.1, 0.15) is 99.0 Å². The van der Waals surface area contributed by atoms with E-state index in [1.165, 1.54) is 40.2 Å². The van der Waals surface area contributed by atoms with Crippen LogP contribution in [0.25, 0.3) is 0 Å². The van der Waals surface area contributed by atoms with Crippen LogP contribution in [0.3, 0.4) is 0 Å². The maximum Gasteiger partial charge on any atom is 0.360 e. The van der Waals surface area contributed by atoms with E-state index in [0.29, 0.717) is 82.8 Å². The highest BCUT2D eigenvalue weighted by atomic mass is 31.2. The molecule has 14 rings (SSSR count). The van der Waals surface area contributed by atoms with E-state index in [9.17, 15) is 73.6 Å². The second-order valence-corrected chi connectivity index (χ2v) is 29.4. The van der Waals surface area contributed by atoms with Crippen molar-refractivity contribution in [2.45, 2.75) is 139 Å². The summed E-state index contributed by atoms with van der Waals surface area (Å²) in [5, 5.41) is 71.8. The highest BCUT2D eigenvalue weighted by Gasteiger charge is 2.59. The van der Waals surface area contributed by atoms with Gasteiger partial charge in [0, 0.05) is 66.4 Å². The van der Waals surface area contributed by atoms with Crippen LogP contribution >= 0.6 is 33.6 Å². The highest BCUT2D eigenvalue weighted by Crippen LogP contribution is 2.59. The number of ether oxygens (including phenoxy) is 16. The van der Waals surface area contributed by atoms with Crippen LogP contribution in [-0.4, -0.2) is 237 Å². The fourth-order valence-corrected chi connectivity index (χ4v) is 17.5. The standard InChI is InChI=1S/C33H41N2O15P.C29H33O15P.C4H10N2O.2CH5P/c1-14(37)34-4-5-35-51(41,42)31-17(10-36)6-16(7-23(31)43-3)25-18-8-21-22(47-13-46-21)9-19(18)29(20-11-45-32(40)26(20)25)50-33-28(39)27(38)30-24(49-33)12-44-15(2)48-30;1-11-38-9-20-26(42-11)23(31)24(32)29(43-20)44-25-15-6-18-17(40-10-41-18)5-14(15)21(22-16(25)8-39-28(22)33)12-3-13(7-30)27(45(34,35)36)19(4-12)37-2;1-4(7)6-3-2-5;2*1-2/h6-9,15,20,24-30,33,36,38-39H,4-5,10-13H2,1-3H3,(H,34,37)(H2,35,41,42);3-6,11,16,20-26,29-32H,7-10H2,1-2H3,(H2,34,35,36);2-3,5H2,1H3,(H,6,7);2*2H2,1H3/t15?,20-,24?,25+,26-,27?,28?,29+,30?,33?;11?,16-,20?,21+,22-,23?,24?,25+,26?,29?;;;/m00.../s1/i;;;2*1D. The van der Waals surface area contributed by atoms with Gasteiger partial charge >= 0.3 is 27.1 Å². The fourth-order valence-electron chi connectivity index (χ4n) is 15.0. The first-order valence-electron chi connectivity index (χ1n) is 35.5. The number of nitrogens with one attached hydrogen (secondary N) is 3. The van der Waals surface area contributed by atoms with Crippen LogP contribution < -0.4 is 60.5 Å². The zero-order valence-electron chi connectivity index (χ0n) is 61.2. The van der Waals surface area contributed by atoms with Crippen molar-refractivity contribution >= 4 is 68.0 Å². The Bertz CT molecular complexity index is 3930. The van der Waals surface area contributed by atoms with Crippen LogP contribution in [0.2, 0.25) is 0 Å². The van der Waals surface area contributed by atoms with Crippen molar-refractivity contribution in [2.24, 2.45) is 29.4 Å². The number of methoxy groups -OCH3 is 2. The molecular weight excluding hydrogens is 1490 g/mol. The minimum atomic E-state index is -4.86. The summed E-state index contributed by atoms with van der Waals surface area (Å²) < 4.78 is 131. The molecule has 0 saturated carbocycles. The molecule has 592 valence electrons. The van der Waals surface area contributed by atoms with Gasteiger partial charge in [0.15, 0.2) is 48.2 Å². The SMILES string of the molecule is CC(=O)NCCN.COc1cc([C@@H]2c3cc4c(cc3[C@@H](OC3OC5COC(C)OC5C(O)C3O)[C@H]3COC(=O)[C@H]23)OCO4)cc(CO)c1P(=O)(O)NCCNC(C)=O.COc1cc([C@@H]2c3cc4c(cc3[C@@H](OC3OC5COC(C)OC5C(O)C3O)[C@H]3COC(=O)[C@H]23)OCO4)cc(CO)c1P(=O)(O)O.[2H]CP.[2H]CP. The van der Waals surface area contributed by atoms with Gasteiger partial charge in [-0.3, -0.25) is 28.3 Å². The number of carbonyl (C=O) groups is 4. The molecule has 2 amide bonds. The van der Waals surface area contributed by atoms with Crippen molar-refractivity contribution in [1.82, 2.24) is 15.7 Å². The van der Waals surface area contributed by atoms with Gasteiger partial charge in [0.05, 0.1) is 83.2 Å². The number of hydrogen-bond acceptors (Lipinski definition) is 29. The van der Waals surface area contributed by atoms with Crippen LogP contribution in [0, 0.1) is 23.7 Å². The van der Waals surface area contributed by atoms with E-state index in [0.717, 1.165) is 0 Å². The molecule has 6 saturated heterocycles. The van der Waals surface area contributed by atoms with Crippen LogP contribution in [-0.2, 0) is 88.9 Å². The first-order valence-corrected chi connectivity index (χ1v) is 39.0. The third-order valence-electron chi connectivity index (χ3n) is 19.6. The Kier molecular flexibility index (Phi) is 27.2. The van der Waals surface area contributed by atoms with Crippen molar-refractivity contribution in [3.8, 4) is 34.5 Å². The molecule has 14 N–H and O–H groups in total. The van der Waals surface area contributed by atoms with Gasteiger partial charge in [-0.05, 0) is 94.8 Å². The summed E-state index contributed by atoms with van der Waals surface area (Å²) in [5.74, 6) is -4.42. The normalized spacial score (nSPS) is 31.6.